The van der Waals surface area contributed by atoms with E-state index < -0.39 is 11.7 Å². The summed E-state index contributed by atoms with van der Waals surface area (Å²) in [5, 5.41) is 3.09. The first-order valence-corrected chi connectivity index (χ1v) is 9.13. The summed E-state index contributed by atoms with van der Waals surface area (Å²) in [6.07, 6.45) is 5.28. The molecule has 0 saturated heterocycles. The number of carbonyl (C=O) groups excluding carboxylic acids is 1. The fourth-order valence-corrected chi connectivity index (χ4v) is 3.39. The summed E-state index contributed by atoms with van der Waals surface area (Å²) in [6.45, 7) is 0. The van der Waals surface area contributed by atoms with Crippen molar-refractivity contribution in [2.45, 2.75) is 44.1 Å². The average molecular weight is 373 g/mol. The van der Waals surface area contributed by atoms with E-state index in [9.17, 15) is 9.18 Å². The smallest absolute Gasteiger partial charge is 0.235 e. The van der Waals surface area contributed by atoms with Gasteiger partial charge < -0.3 is 14.8 Å². The van der Waals surface area contributed by atoms with E-state index in [2.05, 4.69) is 15.3 Å². The third-order valence-corrected chi connectivity index (χ3v) is 4.77. The second kappa shape index (κ2) is 8.79. The molecule has 1 aromatic carbocycles. The van der Waals surface area contributed by atoms with Gasteiger partial charge in [0.2, 0.25) is 17.7 Å². The van der Waals surface area contributed by atoms with E-state index in [0.717, 1.165) is 25.7 Å². The van der Waals surface area contributed by atoms with Gasteiger partial charge in [0.05, 0.1) is 20.3 Å². The highest BCUT2D eigenvalue weighted by atomic mass is 19.1. The molecule has 1 fully saturated rings. The molecule has 144 valence electrons. The highest BCUT2D eigenvalue weighted by molar-refractivity contribution is 5.86. The summed E-state index contributed by atoms with van der Waals surface area (Å²) in [7, 11) is 2.95. The van der Waals surface area contributed by atoms with Gasteiger partial charge in [0, 0.05) is 6.04 Å². The zero-order valence-corrected chi connectivity index (χ0v) is 15.6. The molecule has 6 nitrogen and oxygen atoms in total. The minimum absolute atomic E-state index is 0.120. The normalized spacial score (nSPS) is 15.8. The number of benzene rings is 1. The van der Waals surface area contributed by atoms with Crippen LogP contribution in [0.5, 0.6) is 11.8 Å². The average Bonchev–Trinajstić information content (AvgIpc) is 2.68. The monoisotopic (exact) mass is 373 g/mol. The van der Waals surface area contributed by atoms with Crippen molar-refractivity contribution in [3.8, 4) is 11.8 Å². The molecule has 27 heavy (non-hydrogen) atoms. The highest BCUT2D eigenvalue weighted by Gasteiger charge is 2.29. The van der Waals surface area contributed by atoms with Gasteiger partial charge in [-0.3, -0.25) is 4.79 Å². The Balaban J connectivity index is 1.98. The summed E-state index contributed by atoms with van der Waals surface area (Å²) >= 11 is 0. The zero-order chi connectivity index (χ0) is 19.2. The number of aromatic nitrogens is 2. The first kappa shape index (κ1) is 19.1. The van der Waals surface area contributed by atoms with Crippen molar-refractivity contribution in [3.63, 3.8) is 0 Å². The van der Waals surface area contributed by atoms with E-state index in [0.29, 0.717) is 5.56 Å². The molecule has 1 aliphatic rings. The van der Waals surface area contributed by atoms with Crippen LogP contribution in [0.1, 0.15) is 49.4 Å². The highest BCUT2D eigenvalue weighted by Crippen LogP contribution is 2.28. The number of nitrogens with one attached hydrogen (secondary N) is 1. The van der Waals surface area contributed by atoms with Gasteiger partial charge in [0.15, 0.2) is 5.82 Å². The predicted molar refractivity (Wildman–Crippen MR) is 98.4 cm³/mol. The van der Waals surface area contributed by atoms with Crippen molar-refractivity contribution in [1.82, 2.24) is 15.3 Å². The van der Waals surface area contributed by atoms with Crippen molar-refractivity contribution in [1.29, 1.82) is 0 Å². The Morgan fingerprint density at radius 2 is 1.78 bits per heavy atom. The van der Waals surface area contributed by atoms with Crippen molar-refractivity contribution < 1.29 is 18.7 Å². The quantitative estimate of drug-likeness (QED) is 0.842. The number of rotatable bonds is 6. The fourth-order valence-electron chi connectivity index (χ4n) is 3.39. The Hall–Kier alpha value is -2.70. The lowest BCUT2D eigenvalue weighted by Crippen LogP contribution is -2.40. The molecule has 3 rings (SSSR count). The molecule has 1 heterocycles. The van der Waals surface area contributed by atoms with Crippen LogP contribution in [0.25, 0.3) is 0 Å². The molecular formula is C20H24FN3O3. The molecule has 1 aliphatic carbocycles. The van der Waals surface area contributed by atoms with Crippen LogP contribution in [-0.2, 0) is 4.79 Å². The van der Waals surface area contributed by atoms with Gasteiger partial charge in [-0.05, 0) is 30.5 Å². The second-order valence-corrected chi connectivity index (χ2v) is 6.64. The van der Waals surface area contributed by atoms with Crippen LogP contribution in [0.2, 0.25) is 0 Å². The number of carbonyl (C=O) groups is 1. The molecule has 0 spiro atoms. The molecule has 1 amide bonds. The maximum Gasteiger partial charge on any atom is 0.235 e. The molecule has 0 aliphatic heterocycles. The maximum atomic E-state index is 13.8. The molecule has 1 atom stereocenters. The number of nitrogens with zero attached hydrogens (tertiary/aromatic N) is 2. The topological polar surface area (TPSA) is 73.3 Å². The van der Waals surface area contributed by atoms with Crippen LogP contribution in [0.15, 0.2) is 30.3 Å². The fraction of sp³-hybridized carbons (Fsp3) is 0.450. The summed E-state index contributed by atoms with van der Waals surface area (Å²) in [5.74, 6) is -0.746. The van der Waals surface area contributed by atoms with E-state index in [1.807, 2.05) is 0 Å². The molecule has 0 radical (unpaired) electrons. The summed E-state index contributed by atoms with van der Waals surface area (Å²) in [4.78, 5) is 21.8. The molecule has 1 aromatic heterocycles. The Bertz CT molecular complexity index is 772. The predicted octanol–water partition coefficient (Wildman–Crippen LogP) is 3.21. The van der Waals surface area contributed by atoms with E-state index in [1.54, 1.807) is 12.1 Å². The molecule has 7 heteroatoms. The van der Waals surface area contributed by atoms with Gasteiger partial charge in [-0.2, -0.15) is 9.97 Å². The van der Waals surface area contributed by atoms with Crippen LogP contribution in [-0.4, -0.2) is 36.1 Å². The van der Waals surface area contributed by atoms with Crippen LogP contribution in [0.4, 0.5) is 4.39 Å². The molecule has 1 N–H and O–H groups in total. The lowest BCUT2D eigenvalue weighted by atomic mass is 9.93. The van der Waals surface area contributed by atoms with Crippen molar-refractivity contribution in [3.05, 3.63) is 47.5 Å². The van der Waals surface area contributed by atoms with Gasteiger partial charge in [0.1, 0.15) is 11.7 Å². The maximum absolute atomic E-state index is 13.8. The Morgan fingerprint density at radius 1 is 1.11 bits per heavy atom. The zero-order valence-electron chi connectivity index (χ0n) is 15.6. The number of hydrogen-bond donors (Lipinski definition) is 1. The summed E-state index contributed by atoms with van der Waals surface area (Å²) in [5.41, 5.74) is 0.485. The third kappa shape index (κ3) is 4.72. The first-order chi connectivity index (χ1) is 13.1. The summed E-state index contributed by atoms with van der Waals surface area (Å²) < 4.78 is 24.2. The van der Waals surface area contributed by atoms with E-state index in [1.165, 1.54) is 38.8 Å². The Labute approximate surface area is 158 Å². The molecule has 2 aromatic rings. The molecular weight excluding hydrogens is 349 g/mol. The number of ether oxygens (including phenoxy) is 2. The number of hydrogen-bond acceptors (Lipinski definition) is 5. The van der Waals surface area contributed by atoms with Gasteiger partial charge in [-0.15, -0.1) is 0 Å². The molecule has 1 saturated carbocycles. The second-order valence-electron chi connectivity index (χ2n) is 6.64. The van der Waals surface area contributed by atoms with Crippen LogP contribution < -0.4 is 14.8 Å². The molecule has 1 unspecified atom stereocenters. The van der Waals surface area contributed by atoms with Crippen molar-refractivity contribution in [2.24, 2.45) is 0 Å². The molecule has 0 bridgehead atoms. The van der Waals surface area contributed by atoms with Crippen molar-refractivity contribution >= 4 is 5.91 Å². The number of methoxy groups -OCH3 is 2. The van der Waals surface area contributed by atoms with E-state index in [4.69, 9.17) is 9.47 Å². The minimum atomic E-state index is -0.855. The lowest BCUT2D eigenvalue weighted by molar-refractivity contribution is -0.122. The number of amides is 1. The largest absolute Gasteiger partial charge is 0.481 e. The first-order valence-electron chi connectivity index (χ1n) is 9.13. The lowest BCUT2D eigenvalue weighted by Gasteiger charge is -2.25. The van der Waals surface area contributed by atoms with Crippen LogP contribution >= 0.6 is 0 Å². The third-order valence-electron chi connectivity index (χ3n) is 4.77. The van der Waals surface area contributed by atoms with Crippen molar-refractivity contribution in [2.75, 3.05) is 14.2 Å². The summed E-state index contributed by atoms with van der Waals surface area (Å²) in [6, 6.07) is 7.60. The van der Waals surface area contributed by atoms with Gasteiger partial charge in [0.25, 0.3) is 0 Å². The van der Waals surface area contributed by atoms with Crippen LogP contribution in [0, 0.1) is 5.82 Å². The minimum Gasteiger partial charge on any atom is -0.481 e. The Kier molecular flexibility index (Phi) is 6.21. The van der Waals surface area contributed by atoms with Crippen LogP contribution in [0.3, 0.4) is 0 Å². The number of halogens is 1. The SMILES string of the molecule is COc1cc(OC)nc(C(C(=O)NC2CCCCC2)c2cccc(F)c2)n1. The van der Waals surface area contributed by atoms with Gasteiger partial charge in [-0.1, -0.05) is 31.4 Å². The van der Waals surface area contributed by atoms with E-state index in [-0.39, 0.29) is 29.5 Å². The van der Waals surface area contributed by atoms with Gasteiger partial charge in [-0.25, -0.2) is 4.39 Å². The van der Waals surface area contributed by atoms with Gasteiger partial charge >= 0.3 is 0 Å². The standard InChI is InChI=1S/C20H24FN3O3/c1-26-16-12-17(27-2)24-19(23-16)18(13-7-6-8-14(21)11-13)20(25)22-15-9-4-3-5-10-15/h6-8,11-12,15,18H,3-5,9-10H2,1-2H3,(H,22,25). The Morgan fingerprint density at radius 3 is 2.37 bits per heavy atom. The van der Waals surface area contributed by atoms with E-state index >= 15 is 0 Å².